The number of anilines is 3. The first-order chi connectivity index (χ1) is 16.8. The lowest BCUT2D eigenvalue weighted by Crippen LogP contribution is -2.15. The summed E-state index contributed by atoms with van der Waals surface area (Å²) in [5, 5.41) is 9.29. The summed E-state index contributed by atoms with van der Waals surface area (Å²) in [5.41, 5.74) is 8.27. The quantitative estimate of drug-likeness (QED) is 0.271. The molecule has 6 rings (SSSR count). The van der Waals surface area contributed by atoms with Gasteiger partial charge in [-0.1, -0.05) is 72.4 Å². The van der Waals surface area contributed by atoms with E-state index in [1.54, 1.807) is 12.4 Å². The molecule has 0 aliphatic carbocycles. The minimum Gasteiger partial charge on any atom is -0.308 e. The van der Waals surface area contributed by atoms with Crippen molar-refractivity contribution >= 4 is 28.8 Å². The molecule has 0 fully saturated rings. The highest BCUT2D eigenvalue weighted by Gasteiger charge is 2.26. The van der Waals surface area contributed by atoms with Gasteiger partial charge in [-0.25, -0.2) is 0 Å². The summed E-state index contributed by atoms with van der Waals surface area (Å²) in [7, 11) is 0. The van der Waals surface area contributed by atoms with Crippen molar-refractivity contribution in [3.05, 3.63) is 121 Å². The maximum atomic E-state index is 9.29. The zero-order valence-corrected chi connectivity index (χ0v) is 19.0. The van der Waals surface area contributed by atoms with E-state index in [1.165, 1.54) is 21.2 Å². The fourth-order valence-corrected chi connectivity index (χ4v) is 5.46. The molecule has 1 aliphatic rings. The second-order valence-electron chi connectivity index (χ2n) is 8.04. The Kier molecular flexibility index (Phi) is 5.10. The molecular weight excluding hydrogens is 434 g/mol. The molecule has 0 spiro atoms. The third-order valence-corrected chi connectivity index (χ3v) is 7.08. The Labute approximate surface area is 203 Å². The number of benzene rings is 4. The number of hydrogen-bond donors (Lipinski definition) is 0. The average molecular weight is 454 g/mol. The van der Waals surface area contributed by atoms with Gasteiger partial charge in [-0.2, -0.15) is 5.26 Å². The molecule has 0 amide bonds. The molecule has 160 valence electrons. The number of nitriles is 1. The lowest BCUT2D eigenvalue weighted by atomic mass is 9.97. The summed E-state index contributed by atoms with van der Waals surface area (Å²) >= 11 is 1.81. The molecule has 0 saturated carbocycles. The van der Waals surface area contributed by atoms with Crippen LogP contribution in [0.4, 0.5) is 17.1 Å². The zero-order chi connectivity index (χ0) is 22.9. The number of nitrogens with zero attached hydrogens (tertiary/aromatic N) is 3. The van der Waals surface area contributed by atoms with Crippen molar-refractivity contribution in [1.82, 2.24) is 4.98 Å². The molecule has 0 bridgehead atoms. The van der Waals surface area contributed by atoms with Gasteiger partial charge < -0.3 is 4.90 Å². The summed E-state index contributed by atoms with van der Waals surface area (Å²) in [6, 6.07) is 38.1. The standard InChI is InChI=1S/C30H19N3S/c31-18-21-16-24(20-32-19-21)22-8-7-9-23(17-22)25-10-1-2-11-26(25)33-27-12-3-5-14-29(27)34-30-15-6-4-13-28(30)33/h1-17,19-20H. The van der Waals surface area contributed by atoms with Crippen LogP contribution >= 0.6 is 11.8 Å². The van der Waals surface area contributed by atoms with Gasteiger partial charge in [0.15, 0.2) is 0 Å². The van der Waals surface area contributed by atoms with Crippen LogP contribution in [0.1, 0.15) is 5.56 Å². The summed E-state index contributed by atoms with van der Waals surface area (Å²) in [6.07, 6.45) is 3.39. The predicted octanol–water partition coefficient (Wildman–Crippen LogP) is 8.22. The molecule has 5 aromatic rings. The second-order valence-corrected chi connectivity index (χ2v) is 9.13. The molecule has 1 aromatic heterocycles. The van der Waals surface area contributed by atoms with Crippen molar-refractivity contribution in [1.29, 1.82) is 5.26 Å². The molecule has 0 unspecified atom stereocenters. The second kappa shape index (κ2) is 8.55. The van der Waals surface area contributed by atoms with E-state index in [0.29, 0.717) is 5.56 Å². The minimum absolute atomic E-state index is 0.558. The molecule has 3 nitrogen and oxygen atoms in total. The van der Waals surface area contributed by atoms with E-state index in [0.717, 1.165) is 27.9 Å². The molecule has 1 aliphatic heterocycles. The van der Waals surface area contributed by atoms with Crippen LogP contribution < -0.4 is 4.90 Å². The minimum atomic E-state index is 0.558. The van der Waals surface area contributed by atoms with E-state index in [2.05, 4.69) is 113 Å². The predicted molar refractivity (Wildman–Crippen MR) is 139 cm³/mol. The van der Waals surface area contributed by atoms with E-state index >= 15 is 0 Å². The molecule has 4 heteroatoms. The largest absolute Gasteiger partial charge is 0.308 e. The summed E-state index contributed by atoms with van der Waals surface area (Å²) in [4.78, 5) is 9.08. The highest BCUT2D eigenvalue weighted by Crippen LogP contribution is 2.52. The van der Waals surface area contributed by atoms with Crippen LogP contribution in [0, 0.1) is 11.3 Å². The van der Waals surface area contributed by atoms with Crippen LogP contribution in [0.2, 0.25) is 0 Å². The van der Waals surface area contributed by atoms with Gasteiger partial charge in [0.1, 0.15) is 6.07 Å². The summed E-state index contributed by atoms with van der Waals surface area (Å²) < 4.78 is 0. The zero-order valence-electron chi connectivity index (χ0n) is 18.2. The van der Waals surface area contributed by atoms with Gasteiger partial charge in [0.05, 0.1) is 22.6 Å². The van der Waals surface area contributed by atoms with Gasteiger partial charge in [0.25, 0.3) is 0 Å². The number of hydrogen-bond acceptors (Lipinski definition) is 4. The van der Waals surface area contributed by atoms with E-state index in [9.17, 15) is 5.26 Å². The fraction of sp³-hybridized carbons (Fsp3) is 0. The highest BCUT2D eigenvalue weighted by molar-refractivity contribution is 7.99. The summed E-state index contributed by atoms with van der Waals surface area (Å²) in [5.74, 6) is 0. The Balaban J connectivity index is 1.52. The number of pyridine rings is 1. The van der Waals surface area contributed by atoms with Gasteiger partial charge in [-0.3, -0.25) is 4.98 Å². The van der Waals surface area contributed by atoms with Crippen LogP contribution in [0.5, 0.6) is 0 Å². The van der Waals surface area contributed by atoms with E-state index < -0.39 is 0 Å². The van der Waals surface area contributed by atoms with Crippen molar-refractivity contribution in [2.24, 2.45) is 0 Å². The molecule has 0 atom stereocenters. The maximum absolute atomic E-state index is 9.29. The Morgan fingerprint density at radius 2 is 1.26 bits per heavy atom. The lowest BCUT2D eigenvalue weighted by Gasteiger charge is -2.34. The smallest absolute Gasteiger partial charge is 0.101 e. The van der Waals surface area contributed by atoms with Crippen LogP contribution in [0.15, 0.2) is 125 Å². The fourth-order valence-electron chi connectivity index (χ4n) is 4.40. The third-order valence-electron chi connectivity index (χ3n) is 5.95. The van der Waals surface area contributed by atoms with E-state index in [1.807, 2.05) is 17.8 Å². The van der Waals surface area contributed by atoms with E-state index in [-0.39, 0.29) is 0 Å². The average Bonchev–Trinajstić information content (AvgIpc) is 2.92. The number of fused-ring (bicyclic) bond motifs is 2. The Hall–Kier alpha value is -4.33. The van der Waals surface area contributed by atoms with Crippen molar-refractivity contribution in [2.45, 2.75) is 9.79 Å². The van der Waals surface area contributed by atoms with Gasteiger partial charge in [0.2, 0.25) is 0 Å². The molecule has 34 heavy (non-hydrogen) atoms. The molecule has 0 saturated heterocycles. The molecule has 0 radical (unpaired) electrons. The van der Waals surface area contributed by atoms with Crippen LogP contribution in [0.3, 0.4) is 0 Å². The van der Waals surface area contributed by atoms with Crippen molar-refractivity contribution < 1.29 is 0 Å². The van der Waals surface area contributed by atoms with Crippen LogP contribution in [-0.2, 0) is 0 Å². The molecule has 2 heterocycles. The maximum Gasteiger partial charge on any atom is 0.101 e. The van der Waals surface area contributed by atoms with E-state index in [4.69, 9.17) is 0 Å². The Morgan fingerprint density at radius 3 is 2.00 bits per heavy atom. The molecule has 0 N–H and O–H groups in total. The normalized spacial score (nSPS) is 11.9. The molecular formula is C30H19N3S. The number of rotatable bonds is 3. The highest BCUT2D eigenvalue weighted by atomic mass is 32.2. The first kappa shape index (κ1) is 20.3. The summed E-state index contributed by atoms with van der Waals surface area (Å²) in [6.45, 7) is 0. The van der Waals surface area contributed by atoms with Crippen LogP contribution in [0.25, 0.3) is 22.3 Å². The van der Waals surface area contributed by atoms with Crippen molar-refractivity contribution in [3.8, 4) is 28.3 Å². The molecule has 4 aromatic carbocycles. The number of aromatic nitrogens is 1. The first-order valence-electron chi connectivity index (χ1n) is 11.0. The first-order valence-corrected chi connectivity index (χ1v) is 11.8. The monoisotopic (exact) mass is 453 g/mol. The van der Waals surface area contributed by atoms with Gasteiger partial charge in [-0.05, 0) is 53.6 Å². The Morgan fingerprint density at radius 1 is 0.618 bits per heavy atom. The Bertz CT molecular complexity index is 1520. The SMILES string of the molecule is N#Cc1cncc(-c2cccc(-c3ccccc3N3c4ccccc4Sc4ccccc43)c2)c1. The third kappa shape index (κ3) is 3.53. The van der Waals surface area contributed by atoms with Crippen LogP contribution in [-0.4, -0.2) is 4.98 Å². The van der Waals surface area contributed by atoms with Crippen molar-refractivity contribution in [2.75, 3.05) is 4.90 Å². The van der Waals surface area contributed by atoms with Gasteiger partial charge in [0, 0.05) is 33.3 Å². The van der Waals surface area contributed by atoms with Gasteiger partial charge >= 0.3 is 0 Å². The number of para-hydroxylation sites is 3. The van der Waals surface area contributed by atoms with Gasteiger partial charge in [-0.15, -0.1) is 0 Å². The van der Waals surface area contributed by atoms with Crippen molar-refractivity contribution in [3.63, 3.8) is 0 Å². The topological polar surface area (TPSA) is 39.9 Å². The lowest BCUT2D eigenvalue weighted by molar-refractivity contribution is 1.17.